The van der Waals surface area contributed by atoms with Crippen LogP contribution in [0.2, 0.25) is 5.15 Å². The Morgan fingerprint density at radius 3 is 2.64 bits per heavy atom. The van der Waals surface area contributed by atoms with Crippen molar-refractivity contribution >= 4 is 27.5 Å². The van der Waals surface area contributed by atoms with Crippen LogP contribution in [0.5, 0.6) is 0 Å². The maximum Gasteiger partial charge on any atom is 0.152 e. The molecule has 0 fully saturated rings. The first-order chi connectivity index (χ1) is 6.75. The molecule has 0 spiro atoms. The molecule has 14 heavy (non-hydrogen) atoms. The highest BCUT2D eigenvalue weighted by Crippen LogP contribution is 2.20. The van der Waals surface area contributed by atoms with Crippen LogP contribution >= 0.6 is 27.5 Å². The van der Waals surface area contributed by atoms with E-state index in [9.17, 15) is 0 Å². The molecule has 0 radical (unpaired) electrons. The van der Waals surface area contributed by atoms with E-state index in [-0.39, 0.29) is 0 Å². The minimum absolute atomic E-state index is 0.380. The molecule has 0 unspecified atom stereocenters. The van der Waals surface area contributed by atoms with Crippen LogP contribution in [0.1, 0.15) is 0 Å². The second-order valence-corrected chi connectivity index (χ2v) is 3.84. The molecule has 0 amide bonds. The largest absolute Gasteiger partial charge is 0.249 e. The zero-order valence-electron chi connectivity index (χ0n) is 6.98. The van der Waals surface area contributed by atoms with Crippen molar-refractivity contribution < 1.29 is 0 Å². The second kappa shape index (κ2) is 4.02. The van der Waals surface area contributed by atoms with E-state index in [1.165, 1.54) is 0 Å². The third-order valence-corrected chi connectivity index (χ3v) is 2.34. The quantitative estimate of drug-likeness (QED) is 0.748. The van der Waals surface area contributed by atoms with Crippen molar-refractivity contribution in [3.63, 3.8) is 0 Å². The van der Waals surface area contributed by atoms with Gasteiger partial charge < -0.3 is 0 Å². The van der Waals surface area contributed by atoms with E-state index in [2.05, 4.69) is 31.1 Å². The molecule has 2 aromatic rings. The van der Waals surface area contributed by atoms with E-state index in [1.54, 1.807) is 18.5 Å². The summed E-state index contributed by atoms with van der Waals surface area (Å²) < 4.78 is 0.800. The molecule has 0 aliphatic heterocycles. The molecule has 0 saturated heterocycles. The van der Waals surface area contributed by atoms with Gasteiger partial charge in [0.15, 0.2) is 5.15 Å². The zero-order valence-corrected chi connectivity index (χ0v) is 9.33. The molecule has 2 rings (SSSR count). The molecule has 0 N–H and O–H groups in total. The first-order valence-corrected chi connectivity index (χ1v) is 5.03. The Morgan fingerprint density at radius 2 is 2.00 bits per heavy atom. The highest BCUT2D eigenvalue weighted by atomic mass is 79.9. The number of aromatic nitrogens is 3. The Labute approximate surface area is 94.3 Å². The van der Waals surface area contributed by atoms with Crippen LogP contribution in [-0.2, 0) is 0 Å². The lowest BCUT2D eigenvalue weighted by Gasteiger charge is -1.99. The number of nitrogens with zero attached hydrogens (tertiary/aromatic N) is 3. The average molecular weight is 271 g/mol. The zero-order chi connectivity index (χ0) is 9.97. The van der Waals surface area contributed by atoms with Crippen LogP contribution in [0.3, 0.4) is 0 Å². The molecule has 3 nitrogen and oxygen atoms in total. The Bertz CT molecular complexity index is 444. The van der Waals surface area contributed by atoms with Crippen molar-refractivity contribution in [1.82, 2.24) is 15.2 Å². The molecule has 0 aliphatic rings. The van der Waals surface area contributed by atoms with E-state index in [4.69, 9.17) is 11.6 Å². The van der Waals surface area contributed by atoms with Gasteiger partial charge in [0.2, 0.25) is 0 Å². The summed E-state index contributed by atoms with van der Waals surface area (Å²) in [6.45, 7) is 0. The monoisotopic (exact) mass is 269 g/mol. The van der Waals surface area contributed by atoms with E-state index >= 15 is 0 Å². The van der Waals surface area contributed by atoms with Gasteiger partial charge >= 0.3 is 0 Å². The molecule has 2 heterocycles. The van der Waals surface area contributed by atoms with Crippen molar-refractivity contribution in [2.24, 2.45) is 0 Å². The van der Waals surface area contributed by atoms with Crippen LogP contribution in [0.25, 0.3) is 11.1 Å². The van der Waals surface area contributed by atoms with Gasteiger partial charge in [-0.15, -0.1) is 5.10 Å². The van der Waals surface area contributed by atoms with Crippen LogP contribution in [0, 0.1) is 0 Å². The van der Waals surface area contributed by atoms with Gasteiger partial charge in [-0.05, 0) is 28.1 Å². The minimum atomic E-state index is 0.380. The predicted molar refractivity (Wildman–Crippen MR) is 58.0 cm³/mol. The smallest absolute Gasteiger partial charge is 0.152 e. The highest BCUT2D eigenvalue weighted by molar-refractivity contribution is 9.10. The fourth-order valence-corrected chi connectivity index (χ4v) is 1.44. The topological polar surface area (TPSA) is 38.7 Å². The van der Waals surface area contributed by atoms with Gasteiger partial charge in [-0.1, -0.05) is 17.7 Å². The fraction of sp³-hybridized carbons (Fsp3) is 0. The number of hydrogen-bond donors (Lipinski definition) is 0. The standard InChI is InChI=1S/C9H5BrClN3/c10-8-2-1-6(4-12-8)7-3-9(11)14-13-5-7/h1-5H. The molecule has 0 atom stereocenters. The van der Waals surface area contributed by atoms with E-state index in [0.717, 1.165) is 15.7 Å². The maximum absolute atomic E-state index is 5.72. The van der Waals surface area contributed by atoms with Crippen molar-refractivity contribution in [3.05, 3.63) is 40.3 Å². The number of rotatable bonds is 1. The molecule has 0 saturated carbocycles. The van der Waals surface area contributed by atoms with Crippen molar-refractivity contribution in [1.29, 1.82) is 0 Å². The number of hydrogen-bond acceptors (Lipinski definition) is 3. The van der Waals surface area contributed by atoms with Crippen molar-refractivity contribution in [2.45, 2.75) is 0 Å². The van der Waals surface area contributed by atoms with E-state index in [1.807, 2.05) is 12.1 Å². The van der Waals surface area contributed by atoms with Crippen LogP contribution in [-0.4, -0.2) is 15.2 Å². The molecule has 70 valence electrons. The summed E-state index contributed by atoms with van der Waals surface area (Å²) >= 11 is 8.99. The average Bonchev–Trinajstić information content (AvgIpc) is 2.19. The lowest BCUT2D eigenvalue weighted by atomic mass is 10.1. The van der Waals surface area contributed by atoms with Crippen LogP contribution in [0.15, 0.2) is 35.2 Å². The second-order valence-electron chi connectivity index (χ2n) is 2.64. The van der Waals surface area contributed by atoms with E-state index < -0.39 is 0 Å². The summed E-state index contributed by atoms with van der Waals surface area (Å²) in [6, 6.07) is 5.55. The first-order valence-electron chi connectivity index (χ1n) is 3.86. The number of halogens is 2. The molecular formula is C9H5BrClN3. The van der Waals surface area contributed by atoms with E-state index in [0.29, 0.717) is 5.15 Å². The summed E-state index contributed by atoms with van der Waals surface area (Å²) in [5.74, 6) is 0. The molecule has 0 aromatic carbocycles. The first kappa shape index (κ1) is 9.55. The molecule has 0 bridgehead atoms. The summed E-state index contributed by atoms with van der Waals surface area (Å²) in [7, 11) is 0. The summed E-state index contributed by atoms with van der Waals surface area (Å²) in [6.07, 6.45) is 3.40. The molecule has 0 aliphatic carbocycles. The van der Waals surface area contributed by atoms with Crippen LogP contribution < -0.4 is 0 Å². The summed E-state index contributed by atoms with van der Waals surface area (Å²) in [4.78, 5) is 4.11. The predicted octanol–water partition coefficient (Wildman–Crippen LogP) is 2.95. The third kappa shape index (κ3) is 2.08. The van der Waals surface area contributed by atoms with Gasteiger partial charge in [0.25, 0.3) is 0 Å². The molecule has 2 aromatic heterocycles. The minimum Gasteiger partial charge on any atom is -0.249 e. The molecular weight excluding hydrogens is 265 g/mol. The van der Waals surface area contributed by atoms with Gasteiger partial charge in [-0.2, -0.15) is 5.10 Å². The van der Waals surface area contributed by atoms with Crippen molar-refractivity contribution in [2.75, 3.05) is 0 Å². The Morgan fingerprint density at radius 1 is 1.14 bits per heavy atom. The summed E-state index contributed by atoms with van der Waals surface area (Å²) in [5.41, 5.74) is 1.87. The van der Waals surface area contributed by atoms with Gasteiger partial charge in [-0.25, -0.2) is 4.98 Å². The third-order valence-electron chi connectivity index (χ3n) is 1.69. The Balaban J connectivity index is 2.44. The Kier molecular flexibility index (Phi) is 2.74. The molecule has 5 heteroatoms. The Hall–Kier alpha value is -1.00. The SMILES string of the molecule is Clc1cc(-c2ccc(Br)nc2)cnn1. The fourth-order valence-electron chi connectivity index (χ4n) is 1.05. The van der Waals surface area contributed by atoms with Crippen LogP contribution in [0.4, 0.5) is 0 Å². The highest BCUT2D eigenvalue weighted by Gasteiger charge is 1.99. The lowest BCUT2D eigenvalue weighted by Crippen LogP contribution is -1.85. The maximum atomic E-state index is 5.72. The summed E-state index contributed by atoms with van der Waals surface area (Å²) in [5, 5.41) is 7.81. The van der Waals surface area contributed by atoms with Crippen molar-refractivity contribution in [3.8, 4) is 11.1 Å². The van der Waals surface area contributed by atoms with Gasteiger partial charge in [0.05, 0.1) is 6.20 Å². The normalized spacial score (nSPS) is 10.1. The lowest BCUT2D eigenvalue weighted by molar-refractivity contribution is 1.03. The van der Waals surface area contributed by atoms with Gasteiger partial charge in [-0.3, -0.25) is 0 Å². The van der Waals surface area contributed by atoms with Gasteiger partial charge in [0, 0.05) is 17.3 Å². The number of pyridine rings is 1. The van der Waals surface area contributed by atoms with Gasteiger partial charge in [0.1, 0.15) is 4.60 Å².